The molecule has 5 nitrogen and oxygen atoms in total. The lowest BCUT2D eigenvalue weighted by atomic mass is 10.1. The lowest BCUT2D eigenvalue weighted by Gasteiger charge is -2.38. The molecule has 29 heavy (non-hydrogen) atoms. The van der Waals surface area contributed by atoms with Crippen LogP contribution in [0.15, 0.2) is 48.8 Å². The van der Waals surface area contributed by atoms with Gasteiger partial charge in [0.1, 0.15) is 5.82 Å². The Morgan fingerprint density at radius 1 is 1.21 bits per heavy atom. The van der Waals surface area contributed by atoms with Crippen molar-refractivity contribution in [1.29, 1.82) is 0 Å². The molecule has 1 amide bonds. The highest BCUT2D eigenvalue weighted by molar-refractivity contribution is 5.94. The number of ether oxygens (including phenoxy) is 1. The Hall–Kier alpha value is -2.31. The van der Waals surface area contributed by atoms with Gasteiger partial charge in [0.15, 0.2) is 0 Å². The smallest absolute Gasteiger partial charge is 0.255 e. The highest BCUT2D eigenvalue weighted by Crippen LogP contribution is 2.26. The van der Waals surface area contributed by atoms with Crippen molar-refractivity contribution in [3.63, 3.8) is 0 Å². The van der Waals surface area contributed by atoms with Gasteiger partial charge in [-0.05, 0) is 42.7 Å². The second kappa shape index (κ2) is 9.46. The van der Waals surface area contributed by atoms with Crippen LogP contribution in [0.5, 0.6) is 0 Å². The van der Waals surface area contributed by atoms with E-state index in [9.17, 15) is 9.18 Å². The summed E-state index contributed by atoms with van der Waals surface area (Å²) in [4.78, 5) is 21.6. The van der Waals surface area contributed by atoms with E-state index in [0.717, 1.165) is 38.0 Å². The maximum absolute atomic E-state index is 13.2. The monoisotopic (exact) mass is 397 g/mol. The second-order valence-corrected chi connectivity index (χ2v) is 7.99. The number of halogens is 1. The minimum Gasteiger partial charge on any atom is -0.374 e. The minimum absolute atomic E-state index is 0.0228. The van der Waals surface area contributed by atoms with E-state index in [1.165, 1.54) is 25.0 Å². The first-order valence-corrected chi connectivity index (χ1v) is 10.5. The number of hydrogen-bond acceptors (Lipinski definition) is 4. The van der Waals surface area contributed by atoms with Crippen LogP contribution in [0.3, 0.4) is 0 Å². The highest BCUT2D eigenvalue weighted by atomic mass is 19.1. The summed E-state index contributed by atoms with van der Waals surface area (Å²) in [6.45, 7) is 3.61. The summed E-state index contributed by atoms with van der Waals surface area (Å²) in [5.41, 5.74) is 1.73. The molecule has 2 heterocycles. The van der Waals surface area contributed by atoms with Crippen LogP contribution in [0.4, 0.5) is 4.39 Å². The number of nitrogens with zero attached hydrogens (tertiary/aromatic N) is 3. The standard InChI is InChI=1S/C23H28FN3O2/c24-20-9-7-18(8-10-20)15-26-12-13-29-22(16-26)17-27(21-5-1-2-6-21)23(28)19-4-3-11-25-14-19/h3-4,7-11,14,21-22H,1-2,5-6,12-13,15-17H2. The second-order valence-electron chi connectivity index (χ2n) is 7.99. The molecule has 1 saturated heterocycles. The maximum Gasteiger partial charge on any atom is 0.255 e. The number of pyridine rings is 1. The van der Waals surface area contributed by atoms with E-state index in [1.807, 2.05) is 29.2 Å². The molecule has 2 aliphatic rings. The molecule has 2 fully saturated rings. The number of hydrogen-bond donors (Lipinski definition) is 0. The SMILES string of the molecule is O=C(c1cccnc1)N(CC1CN(Cc2ccc(F)cc2)CCO1)C1CCCC1. The number of carbonyl (C=O) groups excluding carboxylic acids is 1. The van der Waals surface area contributed by atoms with Gasteiger partial charge in [0.05, 0.1) is 18.3 Å². The van der Waals surface area contributed by atoms with Gasteiger partial charge in [-0.1, -0.05) is 25.0 Å². The summed E-state index contributed by atoms with van der Waals surface area (Å²) in [7, 11) is 0. The molecule has 2 aromatic rings. The van der Waals surface area contributed by atoms with Crippen molar-refractivity contribution >= 4 is 5.91 Å². The summed E-state index contributed by atoms with van der Waals surface area (Å²) >= 11 is 0. The molecule has 1 aromatic carbocycles. The highest BCUT2D eigenvalue weighted by Gasteiger charge is 2.31. The lowest BCUT2D eigenvalue weighted by Crippen LogP contribution is -2.50. The number of aromatic nitrogens is 1. The first-order valence-electron chi connectivity index (χ1n) is 10.5. The zero-order valence-corrected chi connectivity index (χ0v) is 16.7. The topological polar surface area (TPSA) is 45.7 Å². The Kier molecular flexibility index (Phi) is 6.52. The molecule has 4 rings (SSSR count). The third-order valence-electron chi connectivity index (χ3n) is 5.88. The third-order valence-corrected chi connectivity index (χ3v) is 5.88. The number of benzene rings is 1. The first kappa shape index (κ1) is 20.0. The molecule has 1 atom stereocenters. The van der Waals surface area contributed by atoms with Crippen LogP contribution in [0.1, 0.15) is 41.6 Å². The predicted molar refractivity (Wildman–Crippen MR) is 109 cm³/mol. The Balaban J connectivity index is 1.42. The maximum atomic E-state index is 13.2. The average molecular weight is 397 g/mol. The van der Waals surface area contributed by atoms with E-state index >= 15 is 0 Å². The third kappa shape index (κ3) is 5.19. The van der Waals surface area contributed by atoms with Crippen molar-refractivity contribution in [3.05, 3.63) is 65.7 Å². The number of carbonyl (C=O) groups is 1. The van der Waals surface area contributed by atoms with Gasteiger partial charge in [0.25, 0.3) is 5.91 Å². The van der Waals surface area contributed by atoms with Gasteiger partial charge in [0, 0.05) is 44.6 Å². The van der Waals surface area contributed by atoms with Crippen LogP contribution in [-0.2, 0) is 11.3 Å². The molecule has 0 radical (unpaired) electrons. The van der Waals surface area contributed by atoms with Crippen molar-refractivity contribution in [2.24, 2.45) is 0 Å². The molecule has 1 saturated carbocycles. The average Bonchev–Trinajstić information content (AvgIpc) is 3.29. The van der Waals surface area contributed by atoms with Crippen LogP contribution >= 0.6 is 0 Å². The fourth-order valence-electron chi connectivity index (χ4n) is 4.37. The van der Waals surface area contributed by atoms with E-state index in [0.29, 0.717) is 18.7 Å². The van der Waals surface area contributed by atoms with Gasteiger partial charge in [0.2, 0.25) is 0 Å². The van der Waals surface area contributed by atoms with Gasteiger partial charge < -0.3 is 9.64 Å². The van der Waals surface area contributed by atoms with Crippen molar-refractivity contribution < 1.29 is 13.9 Å². The number of morpholine rings is 1. The fourth-order valence-corrected chi connectivity index (χ4v) is 4.37. The van der Waals surface area contributed by atoms with Crippen LogP contribution in [0.2, 0.25) is 0 Å². The fraction of sp³-hybridized carbons (Fsp3) is 0.478. The Morgan fingerprint density at radius 2 is 2.00 bits per heavy atom. The summed E-state index contributed by atoms with van der Waals surface area (Å²) in [6, 6.07) is 10.6. The summed E-state index contributed by atoms with van der Waals surface area (Å²) in [5.74, 6) is -0.168. The molecule has 6 heteroatoms. The number of amides is 1. The van der Waals surface area contributed by atoms with Crippen LogP contribution < -0.4 is 0 Å². The summed E-state index contributed by atoms with van der Waals surface area (Å²) < 4.78 is 19.2. The molecule has 1 aromatic heterocycles. The summed E-state index contributed by atoms with van der Waals surface area (Å²) in [6.07, 6.45) is 7.76. The quantitative estimate of drug-likeness (QED) is 0.748. The molecule has 1 aliphatic heterocycles. The van der Waals surface area contributed by atoms with Gasteiger partial charge >= 0.3 is 0 Å². The van der Waals surface area contributed by atoms with E-state index in [2.05, 4.69) is 9.88 Å². The first-order chi connectivity index (χ1) is 14.2. The summed E-state index contributed by atoms with van der Waals surface area (Å²) in [5, 5.41) is 0. The normalized spacial score (nSPS) is 20.7. The molecule has 1 unspecified atom stereocenters. The number of rotatable bonds is 6. The Bertz CT molecular complexity index is 794. The largest absolute Gasteiger partial charge is 0.374 e. The Morgan fingerprint density at radius 3 is 2.72 bits per heavy atom. The van der Waals surface area contributed by atoms with Crippen molar-refractivity contribution in [1.82, 2.24) is 14.8 Å². The molecular weight excluding hydrogens is 369 g/mol. The van der Waals surface area contributed by atoms with Crippen molar-refractivity contribution in [2.45, 2.75) is 44.4 Å². The van der Waals surface area contributed by atoms with E-state index in [4.69, 9.17) is 4.74 Å². The zero-order chi connectivity index (χ0) is 20.1. The molecule has 0 N–H and O–H groups in total. The minimum atomic E-state index is -0.213. The van der Waals surface area contributed by atoms with Crippen LogP contribution in [0.25, 0.3) is 0 Å². The Labute approximate surface area is 171 Å². The van der Waals surface area contributed by atoms with Gasteiger partial charge in [-0.2, -0.15) is 0 Å². The van der Waals surface area contributed by atoms with Crippen LogP contribution in [0, 0.1) is 5.82 Å². The van der Waals surface area contributed by atoms with Gasteiger partial charge in [-0.3, -0.25) is 14.7 Å². The van der Waals surface area contributed by atoms with Gasteiger partial charge in [-0.25, -0.2) is 4.39 Å². The molecule has 0 spiro atoms. The lowest BCUT2D eigenvalue weighted by molar-refractivity contribution is -0.0468. The zero-order valence-electron chi connectivity index (χ0n) is 16.7. The van der Waals surface area contributed by atoms with E-state index in [-0.39, 0.29) is 23.9 Å². The van der Waals surface area contributed by atoms with Gasteiger partial charge in [-0.15, -0.1) is 0 Å². The molecular formula is C23H28FN3O2. The molecule has 0 bridgehead atoms. The van der Waals surface area contributed by atoms with Crippen molar-refractivity contribution in [3.8, 4) is 0 Å². The van der Waals surface area contributed by atoms with E-state index in [1.54, 1.807) is 12.4 Å². The van der Waals surface area contributed by atoms with Crippen molar-refractivity contribution in [2.75, 3.05) is 26.2 Å². The predicted octanol–water partition coefficient (Wildman–Crippen LogP) is 3.51. The molecule has 154 valence electrons. The van der Waals surface area contributed by atoms with E-state index < -0.39 is 0 Å². The molecule has 1 aliphatic carbocycles. The van der Waals surface area contributed by atoms with Crippen LogP contribution in [-0.4, -0.2) is 59.1 Å².